The van der Waals surface area contributed by atoms with Crippen molar-refractivity contribution in [2.45, 2.75) is 49.9 Å². The highest BCUT2D eigenvalue weighted by atomic mass is 16.6. The summed E-state index contributed by atoms with van der Waals surface area (Å²) in [6.07, 6.45) is 10.2. The number of carbonyl (C=O) groups excluding carboxylic acids is 3. The normalized spacial score (nSPS) is 34.4. The highest BCUT2D eigenvalue weighted by Gasteiger charge is 2.74. The van der Waals surface area contributed by atoms with E-state index in [0.29, 0.717) is 17.9 Å². The van der Waals surface area contributed by atoms with Crippen molar-refractivity contribution in [1.29, 1.82) is 0 Å². The number of aliphatic hydroxyl groups is 1. The number of hydrogen-bond donors (Lipinski definition) is 1. The molecule has 2 saturated heterocycles. The summed E-state index contributed by atoms with van der Waals surface area (Å²) < 4.78 is 17.6. The lowest BCUT2D eigenvalue weighted by molar-refractivity contribution is -0.158. The van der Waals surface area contributed by atoms with Crippen molar-refractivity contribution in [1.82, 2.24) is 4.90 Å². The number of fused-ring (bicyclic) bond motifs is 2. The maximum absolute atomic E-state index is 14.3. The highest BCUT2D eigenvalue weighted by Crippen LogP contribution is 2.57. The molecule has 0 bridgehead atoms. The van der Waals surface area contributed by atoms with Gasteiger partial charge in [0.1, 0.15) is 23.3 Å². The number of amides is 2. The van der Waals surface area contributed by atoms with Crippen LogP contribution in [0.4, 0.5) is 5.69 Å². The topological polar surface area (TPSA) is 106 Å². The molecule has 0 saturated carbocycles. The molecule has 0 aliphatic carbocycles. The summed E-state index contributed by atoms with van der Waals surface area (Å²) in [7, 11) is 1.58. The zero-order valence-electron chi connectivity index (χ0n) is 21.3. The number of methoxy groups -OCH3 is 1. The summed E-state index contributed by atoms with van der Waals surface area (Å²) in [5, 5.41) is 9.53. The zero-order chi connectivity index (χ0) is 26.2. The second-order valence-electron chi connectivity index (χ2n) is 10.2. The number of benzene rings is 1. The standard InChI is InChI=1S/C28H34N2O7/c1-27-13-5-3-4-6-18-36-26(34)22(27)21-24(32)30(16-8-17-31)23-25(33)29(15-7-14-28(21,23)37-27)19-9-11-20(35-2)12-10-19/h5,7,9-14,21-23,31H,3-4,6,8,15-18H2,1-2H3/b13-5-/t21-,22+,23?,27-,28-/m0/s1. The molecule has 5 atom stereocenters. The second kappa shape index (κ2) is 9.95. The maximum atomic E-state index is 14.3. The smallest absolute Gasteiger partial charge is 0.313 e. The Balaban J connectivity index is 1.61. The minimum Gasteiger partial charge on any atom is -0.497 e. The molecule has 4 aliphatic heterocycles. The predicted octanol–water partition coefficient (Wildman–Crippen LogP) is 2.23. The van der Waals surface area contributed by atoms with Crippen LogP contribution in [0.2, 0.25) is 0 Å². The van der Waals surface area contributed by atoms with Crippen LogP contribution in [0.3, 0.4) is 0 Å². The van der Waals surface area contributed by atoms with E-state index >= 15 is 0 Å². The monoisotopic (exact) mass is 510 g/mol. The Kier molecular flexibility index (Phi) is 6.85. The minimum absolute atomic E-state index is 0.132. The summed E-state index contributed by atoms with van der Waals surface area (Å²) in [6.45, 7) is 2.41. The number of cyclic esters (lactones) is 1. The zero-order valence-corrected chi connectivity index (χ0v) is 21.3. The molecule has 9 nitrogen and oxygen atoms in total. The average molecular weight is 511 g/mol. The molecule has 0 radical (unpaired) electrons. The van der Waals surface area contributed by atoms with Crippen molar-refractivity contribution in [2.75, 3.05) is 38.3 Å². The SMILES string of the molecule is COc1ccc(N2CC=C[C@]34O[C@@]5(C)/C=C\CCCCOC(=O)[C@H]5[C@H]3C(=O)N(CCCO)C4C2=O)cc1. The summed E-state index contributed by atoms with van der Waals surface area (Å²) >= 11 is 0. The van der Waals surface area contributed by atoms with Crippen LogP contribution in [-0.2, 0) is 23.9 Å². The number of anilines is 1. The maximum Gasteiger partial charge on any atom is 0.313 e. The lowest BCUT2D eigenvalue weighted by atomic mass is 9.74. The molecule has 1 spiro atoms. The lowest BCUT2D eigenvalue weighted by Gasteiger charge is -2.37. The van der Waals surface area contributed by atoms with Gasteiger partial charge in [-0.3, -0.25) is 14.4 Å². The number of allylic oxidation sites excluding steroid dienone is 1. The van der Waals surface area contributed by atoms with Crippen molar-refractivity contribution in [3.8, 4) is 5.75 Å². The molecule has 4 aliphatic rings. The van der Waals surface area contributed by atoms with E-state index < -0.39 is 35.0 Å². The Morgan fingerprint density at radius 1 is 1.05 bits per heavy atom. The van der Waals surface area contributed by atoms with Gasteiger partial charge in [-0.05, 0) is 56.9 Å². The third-order valence-electron chi connectivity index (χ3n) is 7.94. The van der Waals surface area contributed by atoms with E-state index in [1.54, 1.807) is 49.3 Å². The summed E-state index contributed by atoms with van der Waals surface area (Å²) in [6, 6.07) is 6.16. The van der Waals surface area contributed by atoms with Gasteiger partial charge in [-0.15, -0.1) is 0 Å². The number of likely N-dealkylation sites (tertiary alicyclic amines) is 1. The fraction of sp³-hybridized carbons (Fsp3) is 0.536. The van der Waals surface area contributed by atoms with Gasteiger partial charge in [-0.1, -0.05) is 24.3 Å². The van der Waals surface area contributed by atoms with Crippen molar-refractivity contribution < 1.29 is 33.7 Å². The van der Waals surface area contributed by atoms with Crippen LogP contribution in [0.1, 0.15) is 32.6 Å². The van der Waals surface area contributed by atoms with Gasteiger partial charge in [0, 0.05) is 25.4 Å². The third-order valence-corrected chi connectivity index (χ3v) is 7.94. The lowest BCUT2D eigenvalue weighted by Crippen LogP contribution is -2.56. The number of rotatable bonds is 5. The van der Waals surface area contributed by atoms with Gasteiger partial charge in [0.05, 0.1) is 25.2 Å². The number of nitrogens with zero attached hydrogens (tertiary/aromatic N) is 2. The van der Waals surface area contributed by atoms with E-state index in [9.17, 15) is 19.5 Å². The van der Waals surface area contributed by atoms with Crippen molar-refractivity contribution >= 4 is 23.5 Å². The highest BCUT2D eigenvalue weighted by molar-refractivity contribution is 6.05. The van der Waals surface area contributed by atoms with Gasteiger partial charge in [-0.25, -0.2) is 0 Å². The van der Waals surface area contributed by atoms with Gasteiger partial charge < -0.3 is 29.1 Å². The first-order valence-corrected chi connectivity index (χ1v) is 13.0. The fourth-order valence-electron chi connectivity index (χ4n) is 6.27. The molecule has 1 aromatic rings. The molecule has 1 unspecified atom stereocenters. The van der Waals surface area contributed by atoms with Gasteiger partial charge >= 0.3 is 5.97 Å². The number of carbonyl (C=O) groups is 3. The van der Waals surface area contributed by atoms with Crippen LogP contribution in [0, 0.1) is 11.8 Å². The van der Waals surface area contributed by atoms with Gasteiger partial charge in [0.25, 0.3) is 5.91 Å². The first-order valence-electron chi connectivity index (χ1n) is 13.0. The van der Waals surface area contributed by atoms with E-state index in [-0.39, 0.29) is 38.1 Å². The Morgan fingerprint density at radius 3 is 2.57 bits per heavy atom. The van der Waals surface area contributed by atoms with Crippen LogP contribution in [-0.4, -0.2) is 78.4 Å². The Hall–Kier alpha value is -3.17. The quantitative estimate of drug-likeness (QED) is 0.478. The van der Waals surface area contributed by atoms with Crippen LogP contribution in [0.15, 0.2) is 48.6 Å². The minimum atomic E-state index is -1.35. The molecule has 2 amide bonds. The predicted molar refractivity (Wildman–Crippen MR) is 135 cm³/mol. The van der Waals surface area contributed by atoms with E-state index in [1.165, 1.54) is 4.90 Å². The molecule has 5 rings (SSSR count). The van der Waals surface area contributed by atoms with Crippen LogP contribution >= 0.6 is 0 Å². The molecular formula is C28H34N2O7. The Labute approximate surface area is 216 Å². The van der Waals surface area contributed by atoms with Gasteiger partial charge in [-0.2, -0.15) is 0 Å². The van der Waals surface area contributed by atoms with Crippen LogP contribution in [0.5, 0.6) is 5.75 Å². The molecule has 2 fully saturated rings. The van der Waals surface area contributed by atoms with E-state index in [1.807, 2.05) is 18.2 Å². The first-order chi connectivity index (χ1) is 17.9. The summed E-state index contributed by atoms with van der Waals surface area (Å²) in [4.78, 5) is 44.8. The Bertz CT molecular complexity index is 1120. The largest absolute Gasteiger partial charge is 0.497 e. The fourth-order valence-corrected chi connectivity index (χ4v) is 6.27. The second-order valence-corrected chi connectivity index (χ2v) is 10.2. The molecule has 9 heteroatoms. The number of ether oxygens (including phenoxy) is 3. The average Bonchev–Trinajstić information content (AvgIpc) is 3.22. The number of hydrogen-bond acceptors (Lipinski definition) is 7. The van der Waals surface area contributed by atoms with E-state index in [2.05, 4.69) is 0 Å². The van der Waals surface area contributed by atoms with E-state index in [4.69, 9.17) is 14.2 Å². The van der Waals surface area contributed by atoms with Crippen molar-refractivity contribution in [2.24, 2.45) is 11.8 Å². The van der Waals surface area contributed by atoms with Gasteiger partial charge in [0.15, 0.2) is 0 Å². The summed E-state index contributed by atoms with van der Waals surface area (Å²) in [5.74, 6) is -2.27. The Morgan fingerprint density at radius 2 is 1.84 bits per heavy atom. The molecule has 198 valence electrons. The molecule has 37 heavy (non-hydrogen) atoms. The van der Waals surface area contributed by atoms with Gasteiger partial charge in [0.2, 0.25) is 5.91 Å². The van der Waals surface area contributed by atoms with Crippen LogP contribution < -0.4 is 9.64 Å². The first kappa shape index (κ1) is 25.5. The van der Waals surface area contributed by atoms with Crippen LogP contribution in [0.25, 0.3) is 0 Å². The molecule has 4 heterocycles. The molecule has 1 aromatic carbocycles. The number of aliphatic hydroxyl groups excluding tert-OH is 1. The molecule has 0 aromatic heterocycles. The molecule has 1 N–H and O–H groups in total. The van der Waals surface area contributed by atoms with Crippen molar-refractivity contribution in [3.63, 3.8) is 0 Å². The molecular weight excluding hydrogens is 476 g/mol. The summed E-state index contributed by atoms with van der Waals surface area (Å²) in [5.41, 5.74) is -1.80. The van der Waals surface area contributed by atoms with Crippen molar-refractivity contribution in [3.05, 3.63) is 48.6 Å². The number of esters is 1. The van der Waals surface area contributed by atoms with E-state index in [0.717, 1.165) is 19.3 Å². The third kappa shape index (κ3) is 4.14.